The second kappa shape index (κ2) is 4.77. The van der Waals surface area contributed by atoms with Crippen LogP contribution in [0, 0.1) is 5.41 Å². The molecule has 0 atom stereocenters. The Bertz CT molecular complexity index is 318. The molecule has 0 aromatic heterocycles. The fourth-order valence-corrected chi connectivity index (χ4v) is 1.37. The first kappa shape index (κ1) is 10.7. The summed E-state index contributed by atoms with van der Waals surface area (Å²) in [6.07, 6.45) is 0. The summed E-state index contributed by atoms with van der Waals surface area (Å²) in [5.41, 5.74) is 2.63. The predicted octanol–water partition coefficient (Wildman–Crippen LogP) is 1.66. The first-order valence-corrected chi connectivity index (χ1v) is 4.64. The highest BCUT2D eigenvalue weighted by Gasteiger charge is 2.06. The van der Waals surface area contributed by atoms with Gasteiger partial charge < -0.3 is 15.6 Å². The van der Waals surface area contributed by atoms with Gasteiger partial charge in [-0.1, -0.05) is 18.2 Å². The van der Waals surface area contributed by atoms with Crippen LogP contribution >= 0.6 is 0 Å². The van der Waals surface area contributed by atoms with Crippen LogP contribution in [0.5, 0.6) is 0 Å². The third-order valence-corrected chi connectivity index (χ3v) is 2.00. The van der Waals surface area contributed by atoms with Gasteiger partial charge in [0.15, 0.2) is 0 Å². The average molecular weight is 191 g/mol. The second-order valence-corrected chi connectivity index (χ2v) is 3.51. The lowest BCUT2D eigenvalue weighted by atomic mass is 10.1. The number of benzene rings is 1. The van der Waals surface area contributed by atoms with Crippen LogP contribution in [0.25, 0.3) is 0 Å². The Balaban J connectivity index is 2.88. The van der Waals surface area contributed by atoms with Gasteiger partial charge in [-0.15, -0.1) is 0 Å². The van der Waals surface area contributed by atoms with Gasteiger partial charge in [0, 0.05) is 24.8 Å². The lowest BCUT2D eigenvalue weighted by Crippen LogP contribution is -2.22. The molecule has 2 N–H and O–H groups in total. The summed E-state index contributed by atoms with van der Waals surface area (Å²) >= 11 is 0. The van der Waals surface area contributed by atoms with E-state index in [1.54, 1.807) is 0 Å². The van der Waals surface area contributed by atoms with Gasteiger partial charge in [0.25, 0.3) is 0 Å². The van der Waals surface area contributed by atoms with Crippen LogP contribution in [-0.2, 0) is 0 Å². The number of anilines is 1. The Morgan fingerprint density at radius 3 is 2.57 bits per heavy atom. The van der Waals surface area contributed by atoms with Gasteiger partial charge in [-0.05, 0) is 20.2 Å². The lowest BCUT2D eigenvalue weighted by molar-refractivity contribution is 0.469. The highest BCUT2D eigenvalue weighted by atomic mass is 15.1. The van der Waals surface area contributed by atoms with Crippen molar-refractivity contribution in [2.45, 2.75) is 0 Å². The van der Waals surface area contributed by atoms with E-state index in [4.69, 9.17) is 5.41 Å². The summed E-state index contributed by atoms with van der Waals surface area (Å²) < 4.78 is 0. The monoisotopic (exact) mass is 191 g/mol. The topological polar surface area (TPSA) is 39.1 Å². The molecule has 0 aliphatic carbocycles. The summed E-state index contributed by atoms with van der Waals surface area (Å²) in [6.45, 7) is 0.665. The Labute approximate surface area is 85.3 Å². The van der Waals surface area contributed by atoms with Crippen molar-refractivity contribution in [1.82, 2.24) is 4.90 Å². The van der Waals surface area contributed by atoms with Crippen molar-refractivity contribution in [3.63, 3.8) is 0 Å². The quantitative estimate of drug-likeness (QED) is 0.710. The van der Waals surface area contributed by atoms with Crippen LogP contribution in [0.4, 0.5) is 5.69 Å². The number of likely N-dealkylation sites (N-methyl/N-ethyl adjacent to an activating group) is 1. The van der Waals surface area contributed by atoms with Crippen molar-refractivity contribution < 1.29 is 0 Å². The number of rotatable bonds is 4. The van der Waals surface area contributed by atoms with Gasteiger partial charge >= 0.3 is 0 Å². The van der Waals surface area contributed by atoms with Crippen molar-refractivity contribution >= 4 is 11.4 Å². The minimum absolute atomic E-state index is 0.639. The van der Waals surface area contributed by atoms with Crippen LogP contribution in [-0.4, -0.2) is 38.3 Å². The maximum absolute atomic E-state index is 7.92. The molecule has 3 nitrogen and oxygen atoms in total. The molecular formula is C11H17N3. The first-order valence-electron chi connectivity index (χ1n) is 4.64. The number of nitrogens with one attached hydrogen (secondary N) is 2. The number of hydrogen-bond donors (Lipinski definition) is 2. The minimum Gasteiger partial charge on any atom is -0.388 e. The van der Waals surface area contributed by atoms with E-state index in [1.165, 1.54) is 0 Å². The molecule has 3 heteroatoms. The van der Waals surface area contributed by atoms with Crippen LogP contribution in [0.3, 0.4) is 0 Å². The van der Waals surface area contributed by atoms with E-state index >= 15 is 0 Å². The zero-order valence-corrected chi connectivity index (χ0v) is 8.96. The Hall–Kier alpha value is -1.35. The smallest absolute Gasteiger partial charge is 0.0547 e. The first-order chi connectivity index (χ1) is 6.65. The Morgan fingerprint density at radius 1 is 1.36 bits per heavy atom. The molecule has 0 fully saturated rings. The molecule has 0 aliphatic rings. The molecule has 1 aromatic carbocycles. The fraction of sp³-hybridized carbons (Fsp3) is 0.364. The predicted molar refractivity (Wildman–Crippen MR) is 61.4 cm³/mol. The molecule has 76 valence electrons. The van der Waals surface area contributed by atoms with E-state index in [1.807, 2.05) is 50.3 Å². The van der Waals surface area contributed by atoms with E-state index < -0.39 is 0 Å². The molecule has 1 aromatic rings. The zero-order valence-electron chi connectivity index (χ0n) is 8.96. The van der Waals surface area contributed by atoms with E-state index in [-0.39, 0.29) is 0 Å². The van der Waals surface area contributed by atoms with Gasteiger partial charge in [0.05, 0.1) is 5.71 Å². The van der Waals surface area contributed by atoms with Gasteiger partial charge in [0.1, 0.15) is 0 Å². The third-order valence-electron chi connectivity index (χ3n) is 2.00. The number of hydrogen-bond acceptors (Lipinski definition) is 3. The van der Waals surface area contributed by atoms with Crippen molar-refractivity contribution in [2.24, 2.45) is 0 Å². The Morgan fingerprint density at radius 2 is 2.00 bits per heavy atom. The van der Waals surface area contributed by atoms with Gasteiger partial charge in [0.2, 0.25) is 0 Å². The minimum atomic E-state index is 0.639. The lowest BCUT2D eigenvalue weighted by Gasteiger charge is -2.13. The summed E-state index contributed by atoms with van der Waals surface area (Å²) in [4.78, 5) is 1.99. The molecule has 0 bridgehead atoms. The SMILES string of the molecule is CNc1ccccc1C(=N)CN(C)C. The van der Waals surface area contributed by atoms with E-state index in [9.17, 15) is 0 Å². The van der Waals surface area contributed by atoms with E-state index in [2.05, 4.69) is 5.32 Å². The van der Waals surface area contributed by atoms with E-state index in [0.29, 0.717) is 12.3 Å². The largest absolute Gasteiger partial charge is 0.388 e. The van der Waals surface area contributed by atoms with Gasteiger partial charge in [-0.3, -0.25) is 0 Å². The summed E-state index contributed by atoms with van der Waals surface area (Å²) in [5, 5.41) is 11.0. The maximum Gasteiger partial charge on any atom is 0.0547 e. The van der Waals surface area contributed by atoms with Crippen LogP contribution in [0.15, 0.2) is 24.3 Å². The Kier molecular flexibility index (Phi) is 3.65. The van der Waals surface area contributed by atoms with E-state index in [0.717, 1.165) is 11.3 Å². The molecule has 0 saturated heterocycles. The molecule has 0 unspecified atom stereocenters. The van der Waals surface area contributed by atoms with Gasteiger partial charge in [-0.25, -0.2) is 0 Å². The highest BCUT2D eigenvalue weighted by molar-refractivity contribution is 6.04. The molecule has 0 spiro atoms. The number of nitrogens with zero attached hydrogens (tertiary/aromatic N) is 1. The zero-order chi connectivity index (χ0) is 10.6. The molecule has 14 heavy (non-hydrogen) atoms. The summed E-state index contributed by atoms with van der Waals surface area (Å²) in [6, 6.07) is 7.88. The molecule has 0 radical (unpaired) electrons. The molecule has 1 rings (SSSR count). The summed E-state index contributed by atoms with van der Waals surface area (Å²) in [5.74, 6) is 0. The van der Waals surface area contributed by atoms with Crippen LogP contribution in [0.2, 0.25) is 0 Å². The maximum atomic E-state index is 7.92. The van der Waals surface area contributed by atoms with Crippen molar-refractivity contribution in [1.29, 1.82) is 5.41 Å². The van der Waals surface area contributed by atoms with Crippen molar-refractivity contribution in [3.05, 3.63) is 29.8 Å². The molecule has 0 heterocycles. The average Bonchev–Trinajstić information content (AvgIpc) is 2.16. The molecule has 0 amide bonds. The highest BCUT2D eigenvalue weighted by Crippen LogP contribution is 2.14. The van der Waals surface area contributed by atoms with Crippen molar-refractivity contribution in [2.75, 3.05) is 33.0 Å². The normalized spacial score (nSPS) is 10.3. The van der Waals surface area contributed by atoms with Crippen molar-refractivity contribution in [3.8, 4) is 0 Å². The van der Waals surface area contributed by atoms with Gasteiger partial charge in [-0.2, -0.15) is 0 Å². The third kappa shape index (κ3) is 2.57. The molecular weight excluding hydrogens is 174 g/mol. The van der Waals surface area contributed by atoms with Crippen LogP contribution < -0.4 is 5.32 Å². The standard InChI is InChI=1S/C11H17N3/c1-13-11-7-5-4-6-9(11)10(12)8-14(2)3/h4-7,12-13H,8H2,1-3H3. The van der Waals surface area contributed by atoms with Crippen LogP contribution in [0.1, 0.15) is 5.56 Å². The summed E-state index contributed by atoms with van der Waals surface area (Å²) in [7, 11) is 5.81. The molecule has 0 saturated carbocycles. The number of para-hydroxylation sites is 1. The molecule has 0 aliphatic heterocycles. The fourth-order valence-electron chi connectivity index (χ4n) is 1.37. The second-order valence-electron chi connectivity index (χ2n) is 3.51.